The number of carbonyl (C=O) groups is 1. The van der Waals surface area contributed by atoms with Crippen molar-refractivity contribution >= 4 is 27.5 Å². The predicted molar refractivity (Wildman–Crippen MR) is 203 cm³/mol. The molecule has 57 heavy (non-hydrogen) atoms. The van der Waals surface area contributed by atoms with Crippen molar-refractivity contribution in [3.05, 3.63) is 150 Å². The molecular formula is C41H40N4O11S. The van der Waals surface area contributed by atoms with Gasteiger partial charge in [0.2, 0.25) is 16.8 Å². The van der Waals surface area contributed by atoms with Gasteiger partial charge in [0.25, 0.3) is 11.4 Å². The predicted octanol–water partition coefficient (Wildman–Crippen LogP) is 4.57. The smallest absolute Gasteiger partial charge is 0.278 e. The molecule has 6 atom stereocenters. The largest absolute Gasteiger partial charge is 0.743 e. The zero-order chi connectivity index (χ0) is 40.7. The summed E-state index contributed by atoms with van der Waals surface area (Å²) in [6.45, 7) is 8.67. The highest BCUT2D eigenvalue weighted by molar-refractivity contribution is 7.86. The van der Waals surface area contributed by atoms with Crippen LogP contribution in [0.2, 0.25) is 0 Å². The first kappa shape index (κ1) is 37.2. The number of carboxylic acid groups (broad SMARTS) is 1. The maximum Gasteiger partial charge on any atom is 0.278 e. The molecule has 4 unspecified atom stereocenters. The number of quaternary nitrogens is 2. The lowest BCUT2D eigenvalue weighted by Crippen LogP contribution is -2.62. The van der Waals surface area contributed by atoms with Crippen LogP contribution in [0.4, 0.5) is 11.4 Å². The van der Waals surface area contributed by atoms with Crippen LogP contribution in [0.3, 0.4) is 0 Å². The van der Waals surface area contributed by atoms with E-state index in [2.05, 4.69) is 13.8 Å². The third-order valence-electron chi connectivity index (χ3n) is 13.8. The van der Waals surface area contributed by atoms with Crippen molar-refractivity contribution in [2.24, 2.45) is 0 Å². The van der Waals surface area contributed by atoms with Crippen LogP contribution in [0.1, 0.15) is 64.5 Å². The molecule has 2 fully saturated rings. The number of fused-ring (bicyclic) bond motifs is 6. The average molecular weight is 797 g/mol. The van der Waals surface area contributed by atoms with Gasteiger partial charge in [0, 0.05) is 72.3 Å². The van der Waals surface area contributed by atoms with Crippen LogP contribution in [0, 0.1) is 20.2 Å². The van der Waals surface area contributed by atoms with Crippen molar-refractivity contribution in [2.75, 3.05) is 13.1 Å². The third kappa shape index (κ3) is 4.63. The average Bonchev–Trinajstić information content (AvgIpc) is 4.10. The fourth-order valence-electron chi connectivity index (χ4n) is 10.8. The molecular weight excluding hydrogens is 757 g/mol. The molecule has 296 valence electrons. The molecule has 0 aromatic heterocycles. The van der Waals surface area contributed by atoms with Crippen LogP contribution < -0.4 is 14.1 Å². The summed E-state index contributed by atoms with van der Waals surface area (Å²) in [7, 11) is -4.55. The maximum absolute atomic E-state index is 12.1. The van der Waals surface area contributed by atoms with Crippen LogP contribution in [0.15, 0.2) is 119 Å². The number of nitrogens with zero attached hydrogens (tertiary/aromatic N) is 4. The van der Waals surface area contributed by atoms with Crippen molar-refractivity contribution in [3.8, 4) is 0 Å². The summed E-state index contributed by atoms with van der Waals surface area (Å²) in [6, 6.07) is 14.7. The number of para-hydroxylation sites is 2. The molecule has 15 nitrogen and oxygen atoms in total. The normalized spacial score (nSPS) is 33.9. The van der Waals surface area contributed by atoms with Gasteiger partial charge in [0.1, 0.15) is 35.4 Å². The number of benzene rings is 2. The second-order valence-electron chi connectivity index (χ2n) is 17.0. The summed E-state index contributed by atoms with van der Waals surface area (Å²) in [5, 5.41) is 33.0. The van der Waals surface area contributed by atoms with Gasteiger partial charge in [-0.2, -0.15) is 0 Å². The minimum absolute atomic E-state index is 0.0822. The van der Waals surface area contributed by atoms with Crippen molar-refractivity contribution in [3.63, 3.8) is 0 Å². The second-order valence-corrected chi connectivity index (χ2v) is 18.5. The Hall–Kier alpha value is -5.42. The van der Waals surface area contributed by atoms with Gasteiger partial charge in [0.15, 0.2) is 22.7 Å². The van der Waals surface area contributed by atoms with Gasteiger partial charge < -0.3 is 23.9 Å². The summed E-state index contributed by atoms with van der Waals surface area (Å²) in [5.74, 6) is 0.212. The summed E-state index contributed by atoms with van der Waals surface area (Å²) < 4.78 is 49.5. The summed E-state index contributed by atoms with van der Waals surface area (Å²) >= 11 is 0. The number of carbonyl (C=O) groups excluding carboxylic acids is 1. The van der Waals surface area contributed by atoms with Crippen LogP contribution in [0.25, 0.3) is 0 Å². The Bertz CT molecular complexity index is 2550. The molecule has 2 aromatic rings. The lowest BCUT2D eigenvalue weighted by atomic mass is 9.76. The molecule has 2 aliphatic carbocycles. The molecule has 0 saturated carbocycles. The zero-order valence-corrected chi connectivity index (χ0v) is 32.5. The first-order valence-electron chi connectivity index (χ1n) is 18.8. The van der Waals surface area contributed by atoms with Gasteiger partial charge in [-0.05, 0) is 52.0 Å². The van der Waals surface area contributed by atoms with Crippen LogP contribution >= 0.6 is 0 Å². The number of carboxylic acids is 1. The van der Waals surface area contributed by atoms with Gasteiger partial charge >= 0.3 is 0 Å². The van der Waals surface area contributed by atoms with Gasteiger partial charge in [-0.1, -0.05) is 36.4 Å². The van der Waals surface area contributed by atoms with E-state index < -0.39 is 54.7 Å². The SMILES string of the molecule is CC1(C)c2ccccc2[N+]2(CC2C(=O)[O-])[C@@]12C=CC1=C(CCC([N+](=O)[O-])=C1)O2.CC1(C)c2ccccc2[N+]2(CC2S(=O)(=O)[O-])[C@@]12C=CC1=C(CCC([N+](=O)[O-])=C1)O2. The molecule has 0 radical (unpaired) electrons. The number of rotatable bonds is 4. The Balaban J connectivity index is 0.000000148. The van der Waals surface area contributed by atoms with E-state index >= 15 is 0 Å². The van der Waals surface area contributed by atoms with E-state index in [1.165, 1.54) is 6.08 Å². The van der Waals surface area contributed by atoms with E-state index in [-0.39, 0.29) is 38.2 Å². The lowest BCUT2D eigenvalue weighted by Gasteiger charge is -2.45. The zero-order valence-electron chi connectivity index (χ0n) is 31.7. The van der Waals surface area contributed by atoms with E-state index in [0.717, 1.165) is 22.5 Å². The molecule has 0 N–H and O–H groups in total. The molecule has 4 spiro atoms. The molecule has 2 saturated heterocycles. The van der Waals surface area contributed by atoms with Gasteiger partial charge in [-0.15, -0.1) is 0 Å². The Labute approximate surface area is 328 Å². The minimum atomic E-state index is -4.55. The summed E-state index contributed by atoms with van der Waals surface area (Å²) in [5.41, 5.74) is 2.22. The summed E-state index contributed by atoms with van der Waals surface area (Å²) in [6.07, 6.45) is 11.7. The van der Waals surface area contributed by atoms with Gasteiger partial charge in [-0.3, -0.25) is 20.2 Å². The van der Waals surface area contributed by atoms with Gasteiger partial charge in [0.05, 0.1) is 20.7 Å². The quantitative estimate of drug-likeness (QED) is 0.138. The molecule has 10 rings (SSSR count). The highest BCUT2D eigenvalue weighted by Gasteiger charge is 2.83. The van der Waals surface area contributed by atoms with E-state index in [1.807, 2.05) is 74.5 Å². The maximum atomic E-state index is 12.1. The Morgan fingerprint density at radius 1 is 0.719 bits per heavy atom. The first-order valence-corrected chi connectivity index (χ1v) is 20.3. The molecule has 6 heterocycles. The molecule has 16 heteroatoms. The van der Waals surface area contributed by atoms with Crippen LogP contribution in [-0.4, -0.2) is 64.7 Å². The Kier molecular flexibility index (Phi) is 7.56. The molecule has 0 bridgehead atoms. The molecule has 6 aliphatic heterocycles. The highest BCUT2D eigenvalue weighted by atomic mass is 32.2. The van der Waals surface area contributed by atoms with Crippen LogP contribution in [-0.2, 0) is 35.2 Å². The Morgan fingerprint density at radius 3 is 1.56 bits per heavy atom. The van der Waals surface area contributed by atoms with Crippen molar-refractivity contribution in [2.45, 2.75) is 87.1 Å². The minimum Gasteiger partial charge on any atom is -0.743 e. The fraction of sp³-hybridized carbons (Fsp3) is 0.390. The standard InChI is InChI=1S/C21H20N2O5.C20H20N2O6S/c1-20(2)15-5-3-4-6-16(15)23(12-17(23)19(24)25)21(20)10-9-13-11-14(22(26)27)7-8-18(13)28-21;1-19(2)15-5-3-4-6-16(15)22(12-18(22)29(25,26)27)20(19)10-9-13-11-14(21(23)24)7-8-17(13)28-20/h3-6,9-11,17H,7-8,12H2,1-2H3;3-6,9-11,18H,7-8,12H2,1-2H3/t17?,21-,23?;18?,20-,22?/m11/s1. The van der Waals surface area contributed by atoms with Crippen molar-refractivity contribution in [1.29, 1.82) is 0 Å². The van der Waals surface area contributed by atoms with E-state index in [1.54, 1.807) is 18.2 Å². The Morgan fingerprint density at radius 2 is 1.16 bits per heavy atom. The second kappa shape index (κ2) is 11.6. The molecule has 0 amide bonds. The van der Waals surface area contributed by atoms with Gasteiger partial charge in [-0.25, -0.2) is 17.4 Å². The van der Waals surface area contributed by atoms with E-state index in [0.29, 0.717) is 48.5 Å². The monoisotopic (exact) mass is 796 g/mol. The number of aliphatic carboxylic acids is 1. The van der Waals surface area contributed by atoms with Crippen molar-refractivity contribution in [1.82, 2.24) is 8.97 Å². The van der Waals surface area contributed by atoms with E-state index in [4.69, 9.17) is 9.47 Å². The molecule has 8 aliphatic rings. The topological polar surface area (TPSA) is 202 Å². The lowest BCUT2D eigenvalue weighted by molar-refractivity contribution is -0.428. The molecule has 2 aromatic carbocycles. The van der Waals surface area contributed by atoms with E-state index in [9.17, 15) is 43.1 Å². The van der Waals surface area contributed by atoms with Crippen LogP contribution in [0.5, 0.6) is 0 Å². The highest BCUT2D eigenvalue weighted by Crippen LogP contribution is 2.67. The third-order valence-corrected chi connectivity index (χ3v) is 14.9. The number of allylic oxidation sites excluding steroid dienone is 10. The summed E-state index contributed by atoms with van der Waals surface area (Å²) in [4.78, 5) is 33.4. The number of nitro groups is 2. The number of hydrogen-bond acceptors (Lipinski definition) is 11. The first-order chi connectivity index (χ1) is 26.8. The fourth-order valence-corrected chi connectivity index (χ4v) is 12.0. The number of ether oxygens (including phenoxy) is 2. The van der Waals surface area contributed by atoms with Crippen molar-refractivity contribution < 1.29 is 42.2 Å². The number of hydrogen-bond donors (Lipinski definition) is 0.